The zero-order valence-corrected chi connectivity index (χ0v) is 24.0. The van der Waals surface area contributed by atoms with Crippen molar-refractivity contribution in [3.63, 3.8) is 0 Å². The number of fused-ring (bicyclic) bond motifs is 5. The fourth-order valence-corrected chi connectivity index (χ4v) is 10.4. The van der Waals surface area contributed by atoms with Crippen LogP contribution in [0.25, 0.3) is 0 Å². The lowest BCUT2D eigenvalue weighted by Crippen LogP contribution is -2.62. The standard InChI is InChI=1S/C28H47N3O5S/c1-6-18-22-15-17(32)11-13-28(22,4)21-12-14-27(3)19(8-9-20(27)24(21)25(18)33)16(2)7-10-23-29-30-26(36-23)31-37(5,34)35/h16-22,24-25,32-33H,6-15H2,1-5H3,(H,30,31)/t16-,17-,18-,19-,20?,21?,22+,24+,25-,27-,28-/m1/s1. The molecular formula is C28H47N3O5S. The van der Waals surface area contributed by atoms with Gasteiger partial charge in [-0.05, 0) is 104 Å². The van der Waals surface area contributed by atoms with Gasteiger partial charge in [0.1, 0.15) is 0 Å². The van der Waals surface area contributed by atoms with E-state index < -0.39 is 10.0 Å². The van der Waals surface area contributed by atoms with E-state index in [1.54, 1.807) is 0 Å². The molecule has 3 N–H and O–H groups in total. The average Bonchev–Trinajstić information content (AvgIpc) is 3.41. The van der Waals surface area contributed by atoms with Gasteiger partial charge in [-0.1, -0.05) is 39.2 Å². The van der Waals surface area contributed by atoms with Crippen LogP contribution in [0.4, 0.5) is 6.01 Å². The van der Waals surface area contributed by atoms with Gasteiger partial charge >= 0.3 is 6.01 Å². The lowest BCUT2D eigenvalue weighted by Gasteiger charge is -2.64. The van der Waals surface area contributed by atoms with Gasteiger partial charge in [-0.15, -0.1) is 5.10 Å². The first-order valence-electron chi connectivity index (χ1n) is 14.5. The van der Waals surface area contributed by atoms with E-state index in [0.717, 1.165) is 38.4 Å². The first-order chi connectivity index (χ1) is 17.4. The van der Waals surface area contributed by atoms with Gasteiger partial charge in [0, 0.05) is 6.42 Å². The number of nitrogens with zero attached hydrogens (tertiary/aromatic N) is 2. The van der Waals surface area contributed by atoms with Crippen LogP contribution in [0.15, 0.2) is 4.42 Å². The molecule has 2 unspecified atom stereocenters. The number of aliphatic hydroxyl groups is 2. The predicted molar refractivity (Wildman–Crippen MR) is 142 cm³/mol. The van der Waals surface area contributed by atoms with Crippen LogP contribution < -0.4 is 4.72 Å². The quantitative estimate of drug-likeness (QED) is 0.463. The molecular weight excluding hydrogens is 490 g/mol. The molecule has 37 heavy (non-hydrogen) atoms. The number of hydrogen-bond acceptors (Lipinski definition) is 7. The Balaban J connectivity index is 1.30. The lowest BCUT2D eigenvalue weighted by atomic mass is 9.41. The Bertz CT molecular complexity index is 1080. The maximum atomic E-state index is 11.9. The SMILES string of the molecule is CC[C@H]1[C@@H](O)[C@H]2C3CC[C@H]([C@H](C)CCc4nnc(NS(C)(=O)=O)o4)[C@@]3(C)CCC2[C@@]2(C)CC[C@@H](O)C[C@@H]12. The van der Waals surface area contributed by atoms with Crippen molar-refractivity contribution in [2.24, 2.45) is 52.3 Å². The van der Waals surface area contributed by atoms with Crippen LogP contribution in [0.3, 0.4) is 0 Å². The smallest absolute Gasteiger partial charge is 0.329 e. The summed E-state index contributed by atoms with van der Waals surface area (Å²) in [6, 6.07) is -0.0739. The second kappa shape index (κ2) is 9.77. The zero-order chi connectivity index (χ0) is 26.8. The van der Waals surface area contributed by atoms with E-state index in [0.29, 0.717) is 47.8 Å². The predicted octanol–water partition coefficient (Wildman–Crippen LogP) is 4.64. The van der Waals surface area contributed by atoms with Crippen LogP contribution in [-0.2, 0) is 16.4 Å². The molecule has 0 aliphatic heterocycles. The van der Waals surface area contributed by atoms with E-state index in [2.05, 4.69) is 42.6 Å². The normalized spacial score (nSPS) is 44.5. The number of nitrogens with one attached hydrogen (secondary N) is 1. The van der Waals surface area contributed by atoms with E-state index in [-0.39, 0.29) is 35.0 Å². The summed E-state index contributed by atoms with van der Waals surface area (Å²) in [5, 5.41) is 30.2. The van der Waals surface area contributed by atoms with Crippen molar-refractivity contribution in [1.29, 1.82) is 0 Å². The van der Waals surface area contributed by atoms with Gasteiger partial charge < -0.3 is 14.6 Å². The molecule has 4 saturated carbocycles. The molecule has 8 nitrogen and oxygen atoms in total. The van der Waals surface area contributed by atoms with Crippen molar-refractivity contribution in [3.8, 4) is 0 Å². The fraction of sp³-hybridized carbons (Fsp3) is 0.929. The highest BCUT2D eigenvalue weighted by Gasteiger charge is 2.64. The Kier molecular flexibility index (Phi) is 7.23. The van der Waals surface area contributed by atoms with E-state index in [1.807, 2.05) is 0 Å². The van der Waals surface area contributed by atoms with Gasteiger partial charge in [0.25, 0.3) is 0 Å². The summed E-state index contributed by atoms with van der Waals surface area (Å²) >= 11 is 0. The highest BCUT2D eigenvalue weighted by molar-refractivity contribution is 7.91. The minimum Gasteiger partial charge on any atom is -0.407 e. The molecule has 9 heteroatoms. The first kappa shape index (κ1) is 27.4. The topological polar surface area (TPSA) is 126 Å². The summed E-state index contributed by atoms with van der Waals surface area (Å²) in [7, 11) is -3.44. The summed E-state index contributed by atoms with van der Waals surface area (Å²) in [5.74, 6) is 3.69. The van der Waals surface area contributed by atoms with Crippen molar-refractivity contribution >= 4 is 16.0 Å². The molecule has 0 radical (unpaired) electrons. The Morgan fingerprint density at radius 1 is 1.05 bits per heavy atom. The third-order valence-corrected chi connectivity index (χ3v) is 12.2. The molecule has 0 aromatic carbocycles. The van der Waals surface area contributed by atoms with Gasteiger partial charge in [-0.2, -0.15) is 0 Å². The molecule has 5 rings (SSSR count). The second-order valence-corrected chi connectivity index (χ2v) is 15.3. The third-order valence-electron chi connectivity index (χ3n) is 11.7. The van der Waals surface area contributed by atoms with Crippen molar-refractivity contribution < 1.29 is 23.0 Å². The summed E-state index contributed by atoms with van der Waals surface area (Å²) in [6.45, 7) is 9.55. The molecule has 0 saturated heterocycles. The number of aryl methyl sites for hydroxylation is 1. The van der Waals surface area contributed by atoms with Gasteiger partial charge in [0.15, 0.2) is 0 Å². The molecule has 11 atom stereocenters. The Morgan fingerprint density at radius 2 is 1.76 bits per heavy atom. The molecule has 4 aliphatic rings. The van der Waals surface area contributed by atoms with E-state index in [4.69, 9.17) is 4.42 Å². The fourth-order valence-electron chi connectivity index (χ4n) is 10.0. The number of anilines is 1. The van der Waals surface area contributed by atoms with Crippen LogP contribution in [0.2, 0.25) is 0 Å². The Morgan fingerprint density at radius 3 is 2.46 bits per heavy atom. The van der Waals surface area contributed by atoms with E-state index in [9.17, 15) is 18.6 Å². The van der Waals surface area contributed by atoms with E-state index in [1.165, 1.54) is 25.7 Å². The zero-order valence-electron chi connectivity index (χ0n) is 23.2. The van der Waals surface area contributed by atoms with Crippen LogP contribution in [-0.4, -0.2) is 47.3 Å². The van der Waals surface area contributed by atoms with Crippen LogP contribution in [0, 0.1) is 52.3 Å². The first-order valence-corrected chi connectivity index (χ1v) is 16.4. The number of hydrogen-bond donors (Lipinski definition) is 3. The highest BCUT2D eigenvalue weighted by atomic mass is 32.2. The summed E-state index contributed by atoms with van der Waals surface area (Å²) in [4.78, 5) is 0. The number of rotatable bonds is 7. The number of sulfonamides is 1. The van der Waals surface area contributed by atoms with Crippen LogP contribution in [0.5, 0.6) is 0 Å². The second-order valence-electron chi connectivity index (χ2n) is 13.5. The third kappa shape index (κ3) is 4.75. The summed E-state index contributed by atoms with van der Waals surface area (Å²) < 4.78 is 30.6. The van der Waals surface area contributed by atoms with Crippen molar-refractivity contribution in [2.75, 3.05) is 11.0 Å². The van der Waals surface area contributed by atoms with Crippen molar-refractivity contribution in [3.05, 3.63) is 5.89 Å². The minimum atomic E-state index is -3.44. The average molecular weight is 538 g/mol. The molecule has 1 heterocycles. The van der Waals surface area contributed by atoms with Gasteiger partial charge in [-0.3, -0.25) is 0 Å². The molecule has 1 aromatic rings. The monoisotopic (exact) mass is 537 g/mol. The van der Waals surface area contributed by atoms with Gasteiger partial charge in [0.2, 0.25) is 15.9 Å². The molecule has 0 bridgehead atoms. The maximum Gasteiger partial charge on any atom is 0.329 e. The van der Waals surface area contributed by atoms with Gasteiger partial charge in [0.05, 0.1) is 18.5 Å². The molecule has 0 amide bonds. The summed E-state index contributed by atoms with van der Waals surface area (Å²) in [6.07, 6.45) is 10.7. The Hall–Kier alpha value is -1.19. The summed E-state index contributed by atoms with van der Waals surface area (Å²) in [5.41, 5.74) is 0.444. The number of aromatic nitrogens is 2. The molecule has 4 fully saturated rings. The minimum absolute atomic E-state index is 0.0739. The lowest BCUT2D eigenvalue weighted by molar-refractivity contribution is -0.203. The molecule has 0 spiro atoms. The molecule has 1 aromatic heterocycles. The van der Waals surface area contributed by atoms with Crippen molar-refractivity contribution in [1.82, 2.24) is 10.2 Å². The molecule has 4 aliphatic carbocycles. The largest absolute Gasteiger partial charge is 0.407 e. The highest BCUT2D eigenvalue weighted by Crippen LogP contribution is 2.69. The van der Waals surface area contributed by atoms with E-state index >= 15 is 0 Å². The molecule has 210 valence electrons. The van der Waals surface area contributed by atoms with Crippen LogP contribution in [0.1, 0.15) is 91.4 Å². The van der Waals surface area contributed by atoms with Crippen molar-refractivity contribution in [2.45, 2.75) is 104 Å². The van der Waals surface area contributed by atoms with Crippen LogP contribution >= 0.6 is 0 Å². The number of aliphatic hydroxyl groups excluding tert-OH is 2. The maximum absolute atomic E-state index is 11.9. The Labute approximate surface area is 222 Å². The van der Waals surface area contributed by atoms with Gasteiger partial charge in [-0.25, -0.2) is 13.1 Å².